The van der Waals surface area contributed by atoms with Gasteiger partial charge in [0.05, 0.1) is 20.0 Å². The van der Waals surface area contributed by atoms with Gasteiger partial charge in [0.1, 0.15) is 5.82 Å². The Bertz CT molecular complexity index is 690. The van der Waals surface area contributed by atoms with Crippen molar-refractivity contribution in [1.29, 1.82) is 0 Å². The number of carbonyl (C=O) groups excluding carboxylic acids is 1. The highest BCUT2D eigenvalue weighted by Crippen LogP contribution is 2.27. The number of hydrogen-bond donors (Lipinski definition) is 2. The molecule has 1 heterocycles. The van der Waals surface area contributed by atoms with E-state index in [0.717, 1.165) is 30.7 Å². The number of aryl methyl sites for hydroxylation is 1. The second-order valence-electron chi connectivity index (χ2n) is 5.39. The molecule has 1 amide bonds. The zero-order valence-corrected chi connectivity index (χ0v) is 15.6. The molecule has 1 aromatic heterocycles. The summed E-state index contributed by atoms with van der Waals surface area (Å²) in [4.78, 5) is 16.2. The zero-order valence-electron chi connectivity index (χ0n) is 14.8. The number of carbonyl (C=O) groups is 1. The minimum absolute atomic E-state index is 0.0349. The van der Waals surface area contributed by atoms with E-state index >= 15 is 0 Å². The van der Waals surface area contributed by atoms with Crippen LogP contribution in [0.5, 0.6) is 11.5 Å². The van der Waals surface area contributed by atoms with Crippen LogP contribution in [-0.2, 0) is 17.6 Å². The first-order valence-corrected chi connectivity index (χ1v) is 9.16. The van der Waals surface area contributed by atoms with E-state index in [-0.39, 0.29) is 5.91 Å². The number of aromatic nitrogens is 3. The summed E-state index contributed by atoms with van der Waals surface area (Å²) in [6.07, 6.45) is 2.60. The van der Waals surface area contributed by atoms with Crippen molar-refractivity contribution in [2.24, 2.45) is 0 Å². The fourth-order valence-electron chi connectivity index (χ4n) is 2.25. The number of benzene rings is 1. The molecule has 7 nitrogen and oxygen atoms in total. The van der Waals surface area contributed by atoms with Crippen LogP contribution in [0.25, 0.3) is 0 Å². The van der Waals surface area contributed by atoms with Crippen LogP contribution in [0.2, 0.25) is 0 Å². The van der Waals surface area contributed by atoms with Crippen molar-refractivity contribution >= 4 is 17.7 Å². The standard InChI is InChI=1S/C17H24N4O3S/c1-4-5-15-19-17(21-20-15)25-11-16(22)18-9-8-12-6-7-13(23-2)14(10-12)24-3/h6-7,10H,4-5,8-9,11H2,1-3H3,(H,18,22)(H,19,20,21). The molecule has 0 atom stereocenters. The normalized spacial score (nSPS) is 10.5. The summed E-state index contributed by atoms with van der Waals surface area (Å²) in [7, 11) is 3.21. The van der Waals surface area contributed by atoms with Gasteiger partial charge in [0, 0.05) is 13.0 Å². The third-order valence-corrected chi connectivity index (χ3v) is 4.36. The molecule has 0 radical (unpaired) electrons. The summed E-state index contributed by atoms with van der Waals surface area (Å²) >= 11 is 1.33. The molecular weight excluding hydrogens is 340 g/mol. The monoisotopic (exact) mass is 364 g/mol. The van der Waals surface area contributed by atoms with Crippen molar-refractivity contribution in [3.8, 4) is 11.5 Å². The minimum Gasteiger partial charge on any atom is -0.493 e. The van der Waals surface area contributed by atoms with E-state index in [1.165, 1.54) is 11.8 Å². The van der Waals surface area contributed by atoms with Crippen LogP contribution in [0.4, 0.5) is 0 Å². The van der Waals surface area contributed by atoms with Gasteiger partial charge in [-0.05, 0) is 30.5 Å². The number of nitrogens with one attached hydrogen (secondary N) is 2. The molecule has 0 fully saturated rings. The largest absolute Gasteiger partial charge is 0.493 e. The number of ether oxygens (including phenoxy) is 2. The lowest BCUT2D eigenvalue weighted by Crippen LogP contribution is -2.27. The van der Waals surface area contributed by atoms with Crippen LogP contribution in [0.1, 0.15) is 24.7 Å². The van der Waals surface area contributed by atoms with Crippen molar-refractivity contribution < 1.29 is 14.3 Å². The number of amides is 1. The van der Waals surface area contributed by atoms with Gasteiger partial charge >= 0.3 is 0 Å². The first-order valence-electron chi connectivity index (χ1n) is 8.18. The highest BCUT2D eigenvalue weighted by Gasteiger charge is 2.08. The number of rotatable bonds is 10. The molecule has 0 spiro atoms. The van der Waals surface area contributed by atoms with E-state index in [2.05, 4.69) is 27.4 Å². The van der Waals surface area contributed by atoms with E-state index < -0.39 is 0 Å². The van der Waals surface area contributed by atoms with Crippen molar-refractivity contribution in [3.05, 3.63) is 29.6 Å². The Labute approximate surface area is 151 Å². The van der Waals surface area contributed by atoms with Gasteiger partial charge in [-0.15, -0.1) is 5.10 Å². The van der Waals surface area contributed by atoms with Gasteiger partial charge in [-0.2, -0.15) is 0 Å². The number of H-pyrrole nitrogens is 1. The van der Waals surface area contributed by atoms with Gasteiger partial charge in [-0.25, -0.2) is 4.98 Å². The number of methoxy groups -OCH3 is 2. The van der Waals surface area contributed by atoms with Crippen LogP contribution in [0.15, 0.2) is 23.4 Å². The SMILES string of the molecule is CCCc1nc(SCC(=O)NCCc2ccc(OC)c(OC)c2)n[nH]1. The topological polar surface area (TPSA) is 89.1 Å². The van der Waals surface area contributed by atoms with Gasteiger partial charge in [0.25, 0.3) is 0 Å². The Morgan fingerprint density at radius 2 is 2.04 bits per heavy atom. The first-order chi connectivity index (χ1) is 12.2. The molecule has 25 heavy (non-hydrogen) atoms. The van der Waals surface area contributed by atoms with E-state index in [9.17, 15) is 4.79 Å². The third-order valence-electron chi connectivity index (χ3n) is 3.51. The molecule has 0 saturated carbocycles. The predicted molar refractivity (Wildman–Crippen MR) is 97.4 cm³/mol. The average Bonchev–Trinajstić information content (AvgIpc) is 3.07. The summed E-state index contributed by atoms with van der Waals surface area (Å²) in [6, 6.07) is 5.75. The lowest BCUT2D eigenvalue weighted by atomic mass is 10.1. The second-order valence-corrected chi connectivity index (χ2v) is 6.34. The van der Waals surface area contributed by atoms with Crippen LogP contribution < -0.4 is 14.8 Å². The van der Waals surface area contributed by atoms with Crippen LogP contribution >= 0.6 is 11.8 Å². The van der Waals surface area contributed by atoms with Crippen molar-refractivity contribution in [1.82, 2.24) is 20.5 Å². The number of thioether (sulfide) groups is 1. The van der Waals surface area contributed by atoms with E-state index in [0.29, 0.717) is 29.0 Å². The Morgan fingerprint density at radius 3 is 2.76 bits per heavy atom. The minimum atomic E-state index is -0.0349. The Morgan fingerprint density at radius 1 is 1.24 bits per heavy atom. The Hall–Kier alpha value is -2.22. The molecule has 2 N–H and O–H groups in total. The molecule has 136 valence electrons. The highest BCUT2D eigenvalue weighted by atomic mass is 32.2. The van der Waals surface area contributed by atoms with Crippen molar-refractivity contribution in [2.75, 3.05) is 26.5 Å². The molecule has 2 aromatic rings. The fraction of sp³-hybridized carbons (Fsp3) is 0.471. The molecule has 0 bridgehead atoms. The number of hydrogen-bond acceptors (Lipinski definition) is 6. The molecule has 0 aliphatic carbocycles. The Kier molecular flexibility index (Phi) is 7.59. The molecule has 0 unspecified atom stereocenters. The van der Waals surface area contributed by atoms with Gasteiger partial charge in [0.2, 0.25) is 11.1 Å². The van der Waals surface area contributed by atoms with E-state index in [1.54, 1.807) is 14.2 Å². The lowest BCUT2D eigenvalue weighted by molar-refractivity contribution is -0.118. The van der Waals surface area contributed by atoms with Crippen molar-refractivity contribution in [3.63, 3.8) is 0 Å². The van der Waals surface area contributed by atoms with Crippen LogP contribution in [-0.4, -0.2) is 47.6 Å². The zero-order chi connectivity index (χ0) is 18.1. The highest BCUT2D eigenvalue weighted by molar-refractivity contribution is 7.99. The molecule has 2 rings (SSSR count). The van der Waals surface area contributed by atoms with Gasteiger partial charge < -0.3 is 14.8 Å². The molecule has 0 saturated heterocycles. The van der Waals surface area contributed by atoms with E-state index in [1.807, 2.05) is 18.2 Å². The quantitative estimate of drug-likeness (QED) is 0.629. The molecule has 1 aromatic carbocycles. The second kappa shape index (κ2) is 9.93. The first kappa shape index (κ1) is 19.1. The van der Waals surface area contributed by atoms with E-state index in [4.69, 9.17) is 9.47 Å². The van der Waals surface area contributed by atoms with Gasteiger partial charge in [0.15, 0.2) is 11.5 Å². The van der Waals surface area contributed by atoms with Crippen LogP contribution in [0, 0.1) is 0 Å². The maximum absolute atomic E-state index is 11.9. The number of nitrogens with zero attached hydrogens (tertiary/aromatic N) is 2. The molecule has 0 aliphatic heterocycles. The van der Waals surface area contributed by atoms with Gasteiger partial charge in [-0.3, -0.25) is 9.89 Å². The predicted octanol–water partition coefficient (Wildman–Crippen LogP) is 2.23. The molecular formula is C17H24N4O3S. The van der Waals surface area contributed by atoms with Crippen molar-refractivity contribution in [2.45, 2.75) is 31.3 Å². The summed E-state index contributed by atoms with van der Waals surface area (Å²) in [6.45, 7) is 2.64. The summed E-state index contributed by atoms with van der Waals surface area (Å²) in [5.74, 6) is 2.51. The fourth-order valence-corrected chi connectivity index (χ4v) is 2.90. The number of aromatic amines is 1. The summed E-state index contributed by atoms with van der Waals surface area (Å²) in [5, 5.41) is 10.5. The smallest absolute Gasteiger partial charge is 0.230 e. The maximum atomic E-state index is 11.9. The van der Waals surface area contributed by atoms with Crippen LogP contribution in [0.3, 0.4) is 0 Å². The Balaban J connectivity index is 1.72. The van der Waals surface area contributed by atoms with Gasteiger partial charge in [-0.1, -0.05) is 24.8 Å². The summed E-state index contributed by atoms with van der Waals surface area (Å²) < 4.78 is 10.5. The third kappa shape index (κ3) is 5.97. The maximum Gasteiger partial charge on any atom is 0.230 e. The average molecular weight is 364 g/mol. The lowest BCUT2D eigenvalue weighted by Gasteiger charge is -2.10. The molecule has 8 heteroatoms. The summed E-state index contributed by atoms with van der Waals surface area (Å²) in [5.41, 5.74) is 1.07. The molecule has 0 aliphatic rings.